The van der Waals surface area contributed by atoms with Crippen LogP contribution in [0.2, 0.25) is 0 Å². The van der Waals surface area contributed by atoms with Crippen molar-refractivity contribution in [1.29, 1.82) is 0 Å². The Hall–Kier alpha value is -3.86. The molecular formula is C25H31FN6O4. The third kappa shape index (κ3) is 5.51. The van der Waals surface area contributed by atoms with Gasteiger partial charge in [0.25, 0.3) is 11.8 Å². The first kappa shape index (κ1) is 26.7. The van der Waals surface area contributed by atoms with Crippen LogP contribution in [0, 0.1) is 11.7 Å². The van der Waals surface area contributed by atoms with Gasteiger partial charge in [0, 0.05) is 25.2 Å². The van der Waals surface area contributed by atoms with E-state index in [1.54, 1.807) is 40.0 Å². The summed E-state index contributed by atoms with van der Waals surface area (Å²) in [6.07, 6.45) is 1.69. The minimum absolute atomic E-state index is 0.105. The van der Waals surface area contributed by atoms with E-state index in [9.17, 15) is 23.6 Å². The molecule has 0 radical (unpaired) electrons. The number of hydrogen-bond acceptors (Lipinski definition) is 6. The van der Waals surface area contributed by atoms with Crippen LogP contribution in [0.15, 0.2) is 36.5 Å². The minimum atomic E-state index is -1.01. The highest BCUT2D eigenvalue weighted by Gasteiger charge is 2.43. The van der Waals surface area contributed by atoms with E-state index in [1.165, 1.54) is 30.3 Å². The van der Waals surface area contributed by atoms with E-state index >= 15 is 0 Å². The molecule has 4 amide bonds. The Labute approximate surface area is 209 Å². The average molecular weight is 499 g/mol. The van der Waals surface area contributed by atoms with Gasteiger partial charge in [-0.1, -0.05) is 19.9 Å². The van der Waals surface area contributed by atoms with Crippen molar-refractivity contribution in [2.24, 2.45) is 5.92 Å². The molecule has 1 aliphatic heterocycles. The molecule has 36 heavy (non-hydrogen) atoms. The molecule has 192 valence electrons. The summed E-state index contributed by atoms with van der Waals surface area (Å²) in [6.45, 7) is 5.26. The van der Waals surface area contributed by atoms with Crippen LogP contribution < -0.4 is 26.2 Å². The van der Waals surface area contributed by atoms with Crippen LogP contribution in [0.3, 0.4) is 0 Å². The lowest BCUT2D eigenvalue weighted by Gasteiger charge is -2.31. The van der Waals surface area contributed by atoms with Crippen molar-refractivity contribution < 1.29 is 23.6 Å². The Balaban J connectivity index is 1.90. The maximum Gasteiger partial charge on any atom is 0.251 e. The standard InChI is InChI=1S/C25H31FN6O4/c1-13(2)20(31-22(33)14(3)27-4)25(36)32-19(12-15-7-6-10-29-21(15)32)24(35)30-18-9-8-16(11-17(18)26)23(34)28-5/h6-11,13-14,19-20,27H,12H2,1-5H3,(H,28,34)(H,30,35)(H,31,33)/t14-,19?,20?/m0/s1. The summed E-state index contributed by atoms with van der Waals surface area (Å²) in [5.74, 6) is -2.68. The zero-order valence-electron chi connectivity index (χ0n) is 20.9. The topological polar surface area (TPSA) is 133 Å². The van der Waals surface area contributed by atoms with E-state index in [-0.39, 0.29) is 29.5 Å². The molecule has 1 aromatic carbocycles. The number of pyridine rings is 1. The van der Waals surface area contributed by atoms with Gasteiger partial charge in [-0.15, -0.1) is 0 Å². The molecule has 0 aliphatic carbocycles. The maximum atomic E-state index is 14.7. The smallest absolute Gasteiger partial charge is 0.251 e. The Morgan fingerprint density at radius 3 is 2.44 bits per heavy atom. The molecule has 11 heteroatoms. The van der Waals surface area contributed by atoms with E-state index in [4.69, 9.17) is 0 Å². The predicted molar refractivity (Wildman–Crippen MR) is 133 cm³/mol. The lowest BCUT2D eigenvalue weighted by Crippen LogP contribution is -2.57. The number of rotatable bonds is 8. The molecular weight excluding hydrogens is 467 g/mol. The van der Waals surface area contributed by atoms with E-state index in [0.29, 0.717) is 11.4 Å². The molecule has 2 heterocycles. The van der Waals surface area contributed by atoms with Gasteiger partial charge in [-0.05, 0) is 49.7 Å². The number of halogens is 1. The van der Waals surface area contributed by atoms with Gasteiger partial charge in [0.1, 0.15) is 23.7 Å². The molecule has 0 bridgehead atoms. The third-order valence-electron chi connectivity index (χ3n) is 6.13. The van der Waals surface area contributed by atoms with Gasteiger partial charge in [-0.2, -0.15) is 0 Å². The number of benzene rings is 1. The molecule has 0 saturated carbocycles. The highest BCUT2D eigenvalue weighted by atomic mass is 19.1. The zero-order chi connectivity index (χ0) is 26.6. The van der Waals surface area contributed by atoms with Gasteiger partial charge in [-0.25, -0.2) is 9.37 Å². The molecule has 3 atom stereocenters. The number of fused-ring (bicyclic) bond motifs is 1. The average Bonchev–Trinajstić information content (AvgIpc) is 3.26. The van der Waals surface area contributed by atoms with Crippen LogP contribution in [0.5, 0.6) is 0 Å². The zero-order valence-corrected chi connectivity index (χ0v) is 20.9. The second-order valence-electron chi connectivity index (χ2n) is 8.92. The molecule has 1 aromatic heterocycles. The Morgan fingerprint density at radius 2 is 1.83 bits per heavy atom. The number of nitrogens with zero attached hydrogens (tertiary/aromatic N) is 2. The number of carbonyl (C=O) groups is 4. The Kier molecular flexibility index (Phi) is 8.36. The molecule has 0 spiro atoms. The van der Waals surface area contributed by atoms with Crippen LogP contribution in [-0.2, 0) is 20.8 Å². The van der Waals surface area contributed by atoms with Gasteiger partial charge in [0.05, 0.1) is 11.7 Å². The van der Waals surface area contributed by atoms with E-state index in [1.807, 2.05) is 0 Å². The molecule has 3 rings (SSSR count). The van der Waals surface area contributed by atoms with Crippen molar-refractivity contribution in [1.82, 2.24) is 20.9 Å². The number of amides is 4. The lowest BCUT2D eigenvalue weighted by molar-refractivity contribution is -0.130. The molecule has 0 fully saturated rings. The third-order valence-corrected chi connectivity index (χ3v) is 6.13. The molecule has 10 nitrogen and oxygen atoms in total. The molecule has 0 saturated heterocycles. The number of anilines is 2. The fraction of sp³-hybridized carbons (Fsp3) is 0.400. The van der Waals surface area contributed by atoms with Crippen LogP contribution in [0.4, 0.5) is 15.9 Å². The second-order valence-corrected chi connectivity index (χ2v) is 8.92. The van der Waals surface area contributed by atoms with Crippen LogP contribution in [0.25, 0.3) is 0 Å². The van der Waals surface area contributed by atoms with Crippen molar-refractivity contribution in [3.63, 3.8) is 0 Å². The summed E-state index contributed by atoms with van der Waals surface area (Å²) < 4.78 is 14.7. The van der Waals surface area contributed by atoms with Crippen molar-refractivity contribution in [3.8, 4) is 0 Å². The quantitative estimate of drug-likeness (QED) is 0.433. The van der Waals surface area contributed by atoms with Crippen molar-refractivity contribution in [2.45, 2.75) is 45.3 Å². The van der Waals surface area contributed by atoms with Gasteiger partial charge in [0.15, 0.2) is 0 Å². The summed E-state index contributed by atoms with van der Waals surface area (Å²) in [6, 6.07) is 4.72. The normalized spacial score (nSPS) is 16.2. The number of nitrogens with one attached hydrogen (secondary N) is 4. The SMILES string of the molecule is CNC(=O)c1ccc(NC(=O)C2Cc3cccnc3N2C(=O)C(NC(=O)[C@H](C)NC)C(C)C)c(F)c1. The summed E-state index contributed by atoms with van der Waals surface area (Å²) in [5.41, 5.74) is 0.660. The van der Waals surface area contributed by atoms with Gasteiger partial charge < -0.3 is 21.3 Å². The Bertz CT molecular complexity index is 1170. The highest BCUT2D eigenvalue weighted by Crippen LogP contribution is 2.32. The van der Waals surface area contributed by atoms with Crippen molar-refractivity contribution >= 4 is 35.1 Å². The number of carbonyl (C=O) groups excluding carboxylic acids is 4. The minimum Gasteiger partial charge on any atom is -0.355 e. The van der Waals surface area contributed by atoms with E-state index in [2.05, 4.69) is 26.3 Å². The van der Waals surface area contributed by atoms with Crippen LogP contribution in [0.1, 0.15) is 36.7 Å². The fourth-order valence-corrected chi connectivity index (χ4v) is 3.91. The monoisotopic (exact) mass is 498 g/mol. The van der Waals surface area contributed by atoms with Gasteiger partial charge in [0.2, 0.25) is 11.8 Å². The van der Waals surface area contributed by atoms with Gasteiger partial charge >= 0.3 is 0 Å². The number of hydrogen-bond donors (Lipinski definition) is 4. The van der Waals surface area contributed by atoms with E-state index < -0.39 is 41.7 Å². The fourth-order valence-electron chi connectivity index (χ4n) is 3.91. The van der Waals surface area contributed by atoms with E-state index in [0.717, 1.165) is 6.07 Å². The first-order valence-corrected chi connectivity index (χ1v) is 11.7. The molecule has 2 unspecified atom stereocenters. The first-order valence-electron chi connectivity index (χ1n) is 11.7. The summed E-state index contributed by atoms with van der Waals surface area (Å²) in [4.78, 5) is 56.9. The summed E-state index contributed by atoms with van der Waals surface area (Å²) >= 11 is 0. The number of aromatic nitrogens is 1. The van der Waals surface area contributed by atoms with Crippen molar-refractivity contribution in [2.75, 3.05) is 24.3 Å². The first-order chi connectivity index (χ1) is 17.1. The number of likely N-dealkylation sites (N-methyl/N-ethyl adjacent to an activating group) is 1. The summed E-state index contributed by atoms with van der Waals surface area (Å²) in [7, 11) is 3.07. The lowest BCUT2D eigenvalue weighted by atomic mass is 10.0. The predicted octanol–water partition coefficient (Wildman–Crippen LogP) is 1.23. The maximum absolute atomic E-state index is 14.7. The molecule has 4 N–H and O–H groups in total. The second kappa shape index (κ2) is 11.3. The highest BCUT2D eigenvalue weighted by molar-refractivity contribution is 6.09. The molecule has 1 aliphatic rings. The van der Waals surface area contributed by atoms with Gasteiger partial charge in [-0.3, -0.25) is 24.1 Å². The Morgan fingerprint density at radius 1 is 1.11 bits per heavy atom. The van der Waals surface area contributed by atoms with Crippen molar-refractivity contribution in [3.05, 3.63) is 53.5 Å². The molecule has 2 aromatic rings. The van der Waals surface area contributed by atoms with Crippen LogP contribution in [-0.4, -0.2) is 60.8 Å². The largest absolute Gasteiger partial charge is 0.355 e. The summed E-state index contributed by atoms with van der Waals surface area (Å²) in [5, 5.41) is 10.5. The van der Waals surface area contributed by atoms with Crippen LogP contribution >= 0.6 is 0 Å².